The number of aromatic nitrogens is 2. The number of carbonyl (C=O) groups is 1. The molecule has 0 aliphatic carbocycles. The van der Waals surface area contributed by atoms with Crippen molar-refractivity contribution in [3.63, 3.8) is 0 Å². The number of carboxylic acid groups (broad SMARTS) is 1. The normalized spacial score (nSPS) is 19.3. The van der Waals surface area contributed by atoms with Crippen LogP contribution in [0.25, 0.3) is 10.9 Å². The number of aliphatic hydroxyl groups excluding tert-OH is 1. The number of carboxylic acids is 1. The Hall–Kier alpha value is -3.03. The molecule has 1 saturated heterocycles. The highest BCUT2D eigenvalue weighted by molar-refractivity contribution is 5.83. The minimum absolute atomic E-state index is 0.109. The average molecular weight is 492 g/mol. The molecule has 36 heavy (non-hydrogen) atoms. The van der Waals surface area contributed by atoms with Crippen molar-refractivity contribution in [1.29, 1.82) is 0 Å². The van der Waals surface area contributed by atoms with Gasteiger partial charge in [-0.1, -0.05) is 0 Å². The zero-order valence-corrected chi connectivity index (χ0v) is 21.1. The fourth-order valence-corrected chi connectivity index (χ4v) is 5.50. The quantitative estimate of drug-likeness (QED) is 0.348. The fraction of sp³-hybridized carbons (Fsp3) is 0.483. The molecule has 1 fully saturated rings. The lowest BCUT2D eigenvalue weighted by atomic mass is 9.79. The predicted molar refractivity (Wildman–Crippen MR) is 140 cm³/mol. The maximum Gasteiger partial charge on any atom is 0.303 e. The third-order valence-electron chi connectivity index (χ3n) is 7.50. The van der Waals surface area contributed by atoms with Crippen molar-refractivity contribution in [3.05, 3.63) is 66.1 Å². The van der Waals surface area contributed by atoms with Gasteiger partial charge in [-0.3, -0.25) is 14.8 Å². The molecule has 3 aromatic rings. The van der Waals surface area contributed by atoms with Gasteiger partial charge in [0.1, 0.15) is 5.75 Å². The predicted octanol–water partition coefficient (Wildman–Crippen LogP) is 4.89. The van der Waals surface area contributed by atoms with E-state index in [0.717, 1.165) is 74.0 Å². The van der Waals surface area contributed by atoms with E-state index in [9.17, 15) is 15.0 Å². The summed E-state index contributed by atoms with van der Waals surface area (Å²) in [7, 11) is 1.63. The summed E-state index contributed by atoms with van der Waals surface area (Å²) in [6.45, 7) is 2.81. The minimum Gasteiger partial charge on any atom is -0.497 e. The molecule has 3 heterocycles. The number of unbranched alkanes of at least 4 members (excludes halogenated alkanes) is 1. The van der Waals surface area contributed by atoms with E-state index in [0.29, 0.717) is 12.3 Å². The van der Waals surface area contributed by atoms with Gasteiger partial charge in [-0.15, -0.1) is 0 Å². The number of aryl methyl sites for hydroxylation is 1. The van der Waals surface area contributed by atoms with Crippen LogP contribution in [0.15, 0.2) is 55.0 Å². The number of hydrogen-bond acceptors (Lipinski definition) is 6. The van der Waals surface area contributed by atoms with E-state index in [2.05, 4.69) is 27.0 Å². The number of piperidine rings is 1. The lowest BCUT2D eigenvalue weighted by Crippen LogP contribution is -2.41. The molecule has 7 nitrogen and oxygen atoms in total. The summed E-state index contributed by atoms with van der Waals surface area (Å²) < 4.78 is 5.36. The zero-order valence-electron chi connectivity index (χ0n) is 21.1. The second kappa shape index (κ2) is 12.8. The number of pyridine rings is 2. The number of benzene rings is 1. The van der Waals surface area contributed by atoms with Crippen LogP contribution in [-0.2, 0) is 11.2 Å². The zero-order chi connectivity index (χ0) is 25.3. The van der Waals surface area contributed by atoms with Crippen LogP contribution in [0.3, 0.4) is 0 Å². The maximum atomic E-state index is 11.6. The van der Waals surface area contributed by atoms with Gasteiger partial charge in [0.2, 0.25) is 0 Å². The van der Waals surface area contributed by atoms with Crippen molar-refractivity contribution in [2.75, 3.05) is 26.7 Å². The number of hydrogen-bond donors (Lipinski definition) is 2. The molecule has 0 radical (unpaired) electrons. The molecule has 0 spiro atoms. The van der Waals surface area contributed by atoms with Gasteiger partial charge in [0.15, 0.2) is 0 Å². The van der Waals surface area contributed by atoms with Crippen molar-refractivity contribution in [3.8, 4) is 5.75 Å². The van der Waals surface area contributed by atoms with Gasteiger partial charge < -0.3 is 19.8 Å². The topological polar surface area (TPSA) is 95.8 Å². The number of ether oxygens (including phenoxy) is 1. The molecule has 7 heteroatoms. The maximum absolute atomic E-state index is 11.6. The Morgan fingerprint density at radius 3 is 2.75 bits per heavy atom. The molecule has 2 aromatic heterocycles. The smallest absolute Gasteiger partial charge is 0.303 e. The first-order valence-corrected chi connectivity index (χ1v) is 13.0. The van der Waals surface area contributed by atoms with Crippen molar-refractivity contribution in [2.45, 2.75) is 51.0 Å². The lowest BCUT2D eigenvalue weighted by Gasteiger charge is -2.38. The lowest BCUT2D eigenvalue weighted by molar-refractivity contribution is -0.139. The Balaban J connectivity index is 1.31. The number of likely N-dealkylation sites (tertiary alicyclic amines) is 1. The molecular weight excluding hydrogens is 454 g/mol. The van der Waals surface area contributed by atoms with Crippen molar-refractivity contribution >= 4 is 16.9 Å². The van der Waals surface area contributed by atoms with E-state index >= 15 is 0 Å². The van der Waals surface area contributed by atoms with Gasteiger partial charge in [0.25, 0.3) is 0 Å². The largest absolute Gasteiger partial charge is 0.497 e. The van der Waals surface area contributed by atoms with Gasteiger partial charge in [-0.2, -0.15) is 0 Å². The summed E-state index contributed by atoms with van der Waals surface area (Å²) in [5.74, 6) is 0.403. The standard InChI is InChI=1S/C29H37N3O4/c1-36-24-6-7-27-26(19-24)25(11-15-31-27)28(33)8-5-22-12-17-32(20-23(22)18-29(34)35)16-3-2-4-21-9-13-30-14-10-21/h6-7,9-11,13-15,19,22-23,28,33H,2-5,8,12,16-18,20H2,1H3,(H,34,35)/t22-,23+,28-/m1/s1. The van der Waals surface area contributed by atoms with E-state index in [-0.39, 0.29) is 12.3 Å². The van der Waals surface area contributed by atoms with Crippen molar-refractivity contribution in [2.24, 2.45) is 11.8 Å². The summed E-state index contributed by atoms with van der Waals surface area (Å²) in [6, 6.07) is 11.7. The second-order valence-corrected chi connectivity index (χ2v) is 9.90. The number of aliphatic carboxylic acids is 1. The van der Waals surface area contributed by atoms with Crippen LogP contribution < -0.4 is 4.74 Å². The van der Waals surface area contributed by atoms with E-state index in [1.54, 1.807) is 13.3 Å². The van der Waals surface area contributed by atoms with Crippen LogP contribution >= 0.6 is 0 Å². The van der Waals surface area contributed by atoms with Gasteiger partial charge in [0, 0.05) is 36.9 Å². The summed E-state index contributed by atoms with van der Waals surface area (Å²) in [6.07, 6.45) is 10.6. The molecule has 2 N–H and O–H groups in total. The molecule has 0 unspecified atom stereocenters. The highest BCUT2D eigenvalue weighted by Crippen LogP contribution is 2.34. The molecule has 1 aliphatic rings. The third kappa shape index (κ3) is 7.02. The van der Waals surface area contributed by atoms with Crippen LogP contribution in [0.5, 0.6) is 5.75 Å². The highest BCUT2D eigenvalue weighted by atomic mass is 16.5. The van der Waals surface area contributed by atoms with Crippen LogP contribution in [0, 0.1) is 11.8 Å². The Morgan fingerprint density at radius 2 is 1.97 bits per heavy atom. The van der Waals surface area contributed by atoms with Crippen LogP contribution in [0.1, 0.15) is 55.8 Å². The molecule has 3 atom stereocenters. The fourth-order valence-electron chi connectivity index (χ4n) is 5.50. The number of nitrogens with zero attached hydrogens (tertiary/aromatic N) is 3. The Kier molecular flexibility index (Phi) is 9.25. The van der Waals surface area contributed by atoms with Gasteiger partial charge in [-0.05, 0) is 111 Å². The first-order valence-electron chi connectivity index (χ1n) is 13.0. The summed E-state index contributed by atoms with van der Waals surface area (Å²) in [4.78, 5) is 22.5. The van der Waals surface area contributed by atoms with Crippen LogP contribution in [0.2, 0.25) is 0 Å². The molecule has 1 aromatic carbocycles. The Morgan fingerprint density at radius 1 is 1.14 bits per heavy atom. The van der Waals surface area contributed by atoms with E-state index < -0.39 is 12.1 Å². The SMILES string of the molecule is COc1ccc2nccc([C@H](O)CC[C@@H]3CCN(CCCCc4ccncc4)C[C@@H]3CC(=O)O)c2c1. The number of aliphatic hydroxyl groups is 1. The van der Waals surface area contributed by atoms with E-state index in [4.69, 9.17) is 4.74 Å². The molecule has 0 bridgehead atoms. The molecule has 0 amide bonds. The second-order valence-electron chi connectivity index (χ2n) is 9.90. The number of rotatable bonds is 12. The molecule has 0 saturated carbocycles. The summed E-state index contributed by atoms with van der Waals surface area (Å²) in [5.41, 5.74) is 2.99. The minimum atomic E-state index is -0.739. The molecular formula is C29H37N3O4. The molecule has 1 aliphatic heterocycles. The molecule has 192 valence electrons. The van der Waals surface area contributed by atoms with Crippen molar-refractivity contribution < 1.29 is 19.7 Å². The van der Waals surface area contributed by atoms with Crippen molar-refractivity contribution in [1.82, 2.24) is 14.9 Å². The van der Waals surface area contributed by atoms with Gasteiger partial charge in [0.05, 0.1) is 18.7 Å². The first-order chi connectivity index (χ1) is 17.5. The van der Waals surface area contributed by atoms with E-state index in [1.165, 1.54) is 5.56 Å². The van der Waals surface area contributed by atoms with Gasteiger partial charge in [-0.25, -0.2) is 0 Å². The summed E-state index contributed by atoms with van der Waals surface area (Å²) in [5, 5.41) is 21.5. The summed E-state index contributed by atoms with van der Waals surface area (Å²) >= 11 is 0. The average Bonchev–Trinajstić information content (AvgIpc) is 2.90. The highest BCUT2D eigenvalue weighted by Gasteiger charge is 2.31. The first kappa shape index (κ1) is 26.0. The monoisotopic (exact) mass is 491 g/mol. The molecule has 4 rings (SSSR count). The van der Waals surface area contributed by atoms with Gasteiger partial charge >= 0.3 is 5.97 Å². The van der Waals surface area contributed by atoms with E-state index in [1.807, 2.05) is 36.7 Å². The Labute approximate surface area is 213 Å². The Bertz CT molecular complexity index is 1120. The third-order valence-corrected chi connectivity index (χ3v) is 7.50. The van der Waals surface area contributed by atoms with Crippen LogP contribution in [0.4, 0.5) is 0 Å². The number of fused-ring (bicyclic) bond motifs is 1. The number of methoxy groups -OCH3 is 1. The van der Waals surface area contributed by atoms with Crippen LogP contribution in [-0.4, -0.2) is 57.8 Å².